The lowest BCUT2D eigenvalue weighted by Gasteiger charge is -2.30. The maximum Gasteiger partial charge on any atom is 0.280 e. The van der Waals surface area contributed by atoms with Gasteiger partial charge in [-0.15, -0.1) is 10.6 Å². The van der Waals surface area contributed by atoms with Crippen LogP contribution in [0, 0.1) is 0 Å². The van der Waals surface area contributed by atoms with E-state index >= 15 is 0 Å². The van der Waals surface area contributed by atoms with Crippen molar-refractivity contribution in [2.45, 2.75) is 31.0 Å². The number of methoxy groups -OCH3 is 1. The first kappa shape index (κ1) is 22.4. The van der Waals surface area contributed by atoms with Gasteiger partial charge in [0.2, 0.25) is 0 Å². The van der Waals surface area contributed by atoms with Gasteiger partial charge in [-0.1, -0.05) is 34.7 Å². The van der Waals surface area contributed by atoms with E-state index in [0.29, 0.717) is 33.5 Å². The SMILES string of the molecule is COCc1cnc(NC(=O)C(=NOC[C@@H](C)O)c2ccc(S(O)(O)C3=CC3)cc2)s1. The van der Waals surface area contributed by atoms with E-state index in [4.69, 9.17) is 9.57 Å². The summed E-state index contributed by atoms with van der Waals surface area (Å²) >= 11 is 1.27. The summed E-state index contributed by atoms with van der Waals surface area (Å²) in [6.07, 6.45) is 3.21. The Balaban J connectivity index is 1.80. The summed E-state index contributed by atoms with van der Waals surface area (Å²) in [5, 5.41) is 16.3. The summed E-state index contributed by atoms with van der Waals surface area (Å²) in [4.78, 5) is 23.9. The van der Waals surface area contributed by atoms with Crippen molar-refractivity contribution in [2.24, 2.45) is 5.16 Å². The number of amides is 1. The molecule has 30 heavy (non-hydrogen) atoms. The van der Waals surface area contributed by atoms with E-state index in [2.05, 4.69) is 15.5 Å². The number of aromatic nitrogens is 1. The highest BCUT2D eigenvalue weighted by Gasteiger charge is 2.27. The number of thiazole rings is 1. The number of rotatable bonds is 10. The fraction of sp³-hybridized carbons (Fsp3) is 0.316. The third kappa shape index (κ3) is 5.65. The van der Waals surface area contributed by atoms with Crippen LogP contribution in [-0.2, 0) is 21.0 Å². The third-order valence-electron chi connectivity index (χ3n) is 3.94. The van der Waals surface area contributed by atoms with Crippen molar-refractivity contribution >= 4 is 38.7 Å². The van der Waals surface area contributed by atoms with E-state index in [0.717, 1.165) is 4.88 Å². The highest BCUT2D eigenvalue weighted by Crippen LogP contribution is 2.61. The van der Waals surface area contributed by atoms with Crippen LogP contribution >= 0.6 is 21.9 Å². The highest BCUT2D eigenvalue weighted by molar-refractivity contribution is 8.27. The fourth-order valence-corrected chi connectivity index (χ4v) is 4.54. The lowest BCUT2D eigenvalue weighted by Crippen LogP contribution is -2.24. The number of anilines is 1. The zero-order chi connectivity index (χ0) is 21.7. The topological polar surface area (TPSA) is 134 Å². The van der Waals surface area contributed by atoms with Gasteiger partial charge in [-0.2, -0.15) is 0 Å². The van der Waals surface area contributed by atoms with Crippen LogP contribution in [0.2, 0.25) is 0 Å². The number of carbonyl (C=O) groups excluding carboxylic acids is 1. The number of nitrogens with zero attached hydrogens (tertiary/aromatic N) is 2. The fourth-order valence-electron chi connectivity index (χ4n) is 2.39. The predicted octanol–water partition coefficient (Wildman–Crippen LogP) is 3.43. The summed E-state index contributed by atoms with van der Waals surface area (Å²) in [7, 11) is -1.40. The molecule has 1 amide bonds. The first-order valence-corrected chi connectivity index (χ1v) is 11.4. The van der Waals surface area contributed by atoms with Crippen LogP contribution in [0.15, 0.2) is 51.5 Å². The van der Waals surface area contributed by atoms with Gasteiger partial charge in [0.25, 0.3) is 5.91 Å². The van der Waals surface area contributed by atoms with Gasteiger partial charge in [-0.25, -0.2) is 4.98 Å². The van der Waals surface area contributed by atoms with Crippen LogP contribution < -0.4 is 5.32 Å². The van der Waals surface area contributed by atoms with Crippen LogP contribution in [-0.4, -0.2) is 50.6 Å². The van der Waals surface area contributed by atoms with Gasteiger partial charge in [0, 0.05) is 30.2 Å². The lowest BCUT2D eigenvalue weighted by atomic mass is 10.1. The minimum Gasteiger partial charge on any atom is -0.392 e. The summed E-state index contributed by atoms with van der Waals surface area (Å²) in [6.45, 7) is 1.84. The molecule has 9 nitrogen and oxygen atoms in total. The zero-order valence-corrected chi connectivity index (χ0v) is 18.1. The number of allylic oxidation sites excluding steroid dienone is 2. The third-order valence-corrected chi connectivity index (χ3v) is 6.82. The molecular weight excluding hydrogens is 430 g/mol. The molecule has 0 unspecified atom stereocenters. The number of aliphatic hydroxyl groups excluding tert-OH is 1. The molecule has 0 spiro atoms. The molecule has 11 heteroatoms. The molecule has 0 bridgehead atoms. The molecule has 162 valence electrons. The lowest BCUT2D eigenvalue weighted by molar-refractivity contribution is -0.110. The summed E-state index contributed by atoms with van der Waals surface area (Å²) < 4.78 is 25.6. The van der Waals surface area contributed by atoms with E-state index in [9.17, 15) is 19.0 Å². The Bertz CT molecular complexity index is 953. The summed E-state index contributed by atoms with van der Waals surface area (Å²) in [5.74, 6) is -0.553. The smallest absolute Gasteiger partial charge is 0.280 e. The van der Waals surface area contributed by atoms with Crippen molar-refractivity contribution in [3.63, 3.8) is 0 Å². The molecule has 1 aromatic heterocycles. The van der Waals surface area contributed by atoms with Crippen molar-refractivity contribution in [3.8, 4) is 0 Å². The van der Waals surface area contributed by atoms with Gasteiger partial charge >= 0.3 is 0 Å². The van der Waals surface area contributed by atoms with E-state index in [1.54, 1.807) is 43.6 Å². The summed E-state index contributed by atoms with van der Waals surface area (Å²) in [5.41, 5.74) is 0.378. The van der Waals surface area contributed by atoms with Crippen molar-refractivity contribution in [1.82, 2.24) is 4.98 Å². The molecule has 0 fully saturated rings. The molecule has 1 aliphatic rings. The van der Waals surface area contributed by atoms with Gasteiger partial charge in [-0.05, 0) is 19.1 Å². The van der Waals surface area contributed by atoms with Gasteiger partial charge in [0.15, 0.2) is 10.8 Å². The molecule has 0 aliphatic heterocycles. The minimum absolute atomic E-state index is 0.0344. The van der Waals surface area contributed by atoms with E-state index < -0.39 is 22.6 Å². The standard InChI is InChI=1S/C19H23N3O6S2/c1-12(23)10-28-22-17(18(24)21-19-20-9-14(29-19)11-27-2)13-3-5-15(6-4-13)30(25,26)16-7-8-16/h3-7,9,12,23,25-26H,8,10-11H2,1-2H3,(H,20,21,24)/t12-/m1/s1. The van der Waals surface area contributed by atoms with Crippen LogP contribution in [0.5, 0.6) is 0 Å². The normalized spacial score (nSPS) is 15.4. The first-order valence-electron chi connectivity index (χ1n) is 9.02. The molecule has 1 aliphatic carbocycles. The number of aliphatic hydroxyl groups is 1. The van der Waals surface area contributed by atoms with Gasteiger partial charge < -0.3 is 14.7 Å². The van der Waals surface area contributed by atoms with Crippen LogP contribution in [0.4, 0.5) is 5.13 Å². The zero-order valence-electron chi connectivity index (χ0n) is 16.4. The van der Waals surface area contributed by atoms with E-state index in [1.165, 1.54) is 18.3 Å². The molecule has 0 radical (unpaired) electrons. The Morgan fingerprint density at radius 1 is 1.37 bits per heavy atom. The number of hydrogen-bond donors (Lipinski definition) is 4. The number of oxime groups is 1. The number of hydrogen-bond acceptors (Lipinski definition) is 9. The Morgan fingerprint density at radius 2 is 2.07 bits per heavy atom. The molecule has 4 N–H and O–H groups in total. The van der Waals surface area contributed by atoms with Crippen LogP contribution in [0.25, 0.3) is 0 Å². The molecule has 1 aromatic carbocycles. The monoisotopic (exact) mass is 453 g/mol. The quantitative estimate of drug-likeness (QED) is 0.320. The minimum atomic E-state index is -2.97. The Morgan fingerprint density at radius 3 is 2.67 bits per heavy atom. The molecular formula is C19H23N3O6S2. The molecule has 2 aromatic rings. The largest absolute Gasteiger partial charge is 0.392 e. The van der Waals surface area contributed by atoms with Crippen molar-refractivity contribution in [1.29, 1.82) is 0 Å². The Labute approximate surface area is 179 Å². The van der Waals surface area contributed by atoms with Gasteiger partial charge in [-0.3, -0.25) is 19.2 Å². The second kappa shape index (κ2) is 9.69. The molecule has 1 atom stereocenters. The number of benzene rings is 1. The molecule has 0 saturated heterocycles. The van der Waals surface area contributed by atoms with Crippen LogP contribution in [0.3, 0.4) is 0 Å². The van der Waals surface area contributed by atoms with Crippen LogP contribution in [0.1, 0.15) is 23.8 Å². The second-order valence-electron chi connectivity index (χ2n) is 6.55. The second-order valence-corrected chi connectivity index (χ2v) is 9.76. The molecule has 1 heterocycles. The van der Waals surface area contributed by atoms with Crippen molar-refractivity contribution in [3.05, 3.63) is 51.9 Å². The van der Waals surface area contributed by atoms with Crippen molar-refractivity contribution < 1.29 is 28.6 Å². The average Bonchev–Trinajstić information content (AvgIpc) is 3.48. The molecule has 3 rings (SSSR count). The first-order chi connectivity index (χ1) is 14.3. The molecule has 0 saturated carbocycles. The Hall–Kier alpha value is -2.28. The van der Waals surface area contributed by atoms with E-state index in [1.807, 2.05) is 0 Å². The number of ether oxygens (including phenoxy) is 1. The maximum atomic E-state index is 12.8. The van der Waals surface area contributed by atoms with Gasteiger partial charge in [0.05, 0.1) is 22.5 Å². The van der Waals surface area contributed by atoms with Gasteiger partial charge in [0.1, 0.15) is 6.61 Å². The maximum absolute atomic E-state index is 12.8. The summed E-state index contributed by atoms with van der Waals surface area (Å²) in [6, 6.07) is 6.21. The average molecular weight is 454 g/mol. The van der Waals surface area contributed by atoms with E-state index in [-0.39, 0.29) is 12.3 Å². The van der Waals surface area contributed by atoms with Crippen molar-refractivity contribution in [2.75, 3.05) is 19.0 Å². The highest BCUT2D eigenvalue weighted by atomic mass is 32.3. The Kier molecular flexibility index (Phi) is 7.23. The predicted molar refractivity (Wildman–Crippen MR) is 116 cm³/mol. The number of nitrogens with one attached hydrogen (secondary N) is 1. The number of carbonyl (C=O) groups is 1.